The van der Waals surface area contributed by atoms with Gasteiger partial charge in [0.1, 0.15) is 0 Å². The van der Waals surface area contributed by atoms with Crippen molar-refractivity contribution >= 4 is 40.5 Å². The van der Waals surface area contributed by atoms with Crippen LogP contribution in [0.2, 0.25) is 0 Å². The van der Waals surface area contributed by atoms with E-state index in [1.54, 1.807) is 42.5 Å². The number of ether oxygens (including phenoxy) is 1. The van der Waals surface area contributed by atoms with Crippen molar-refractivity contribution in [2.24, 2.45) is 0 Å². The van der Waals surface area contributed by atoms with Crippen LogP contribution in [0.25, 0.3) is 0 Å². The van der Waals surface area contributed by atoms with E-state index in [0.29, 0.717) is 16.3 Å². The van der Waals surface area contributed by atoms with Gasteiger partial charge in [0.15, 0.2) is 6.61 Å². The van der Waals surface area contributed by atoms with Crippen molar-refractivity contribution in [1.82, 2.24) is 0 Å². The zero-order chi connectivity index (χ0) is 20.6. The molecule has 1 aromatic heterocycles. The largest absolute Gasteiger partial charge is 0.452 e. The maximum absolute atomic E-state index is 12.2. The summed E-state index contributed by atoms with van der Waals surface area (Å²) in [5.41, 5.74) is 2.52. The molecule has 0 aliphatic heterocycles. The molecule has 1 heterocycles. The van der Waals surface area contributed by atoms with Crippen molar-refractivity contribution in [2.45, 2.75) is 13.3 Å². The van der Waals surface area contributed by atoms with E-state index < -0.39 is 18.5 Å². The van der Waals surface area contributed by atoms with Crippen molar-refractivity contribution in [3.05, 3.63) is 82.0 Å². The summed E-state index contributed by atoms with van der Waals surface area (Å²) < 4.78 is 5.08. The topological polar surface area (TPSA) is 84.5 Å². The number of thiophene rings is 1. The van der Waals surface area contributed by atoms with Crippen molar-refractivity contribution in [3.8, 4) is 0 Å². The van der Waals surface area contributed by atoms with E-state index in [2.05, 4.69) is 17.6 Å². The van der Waals surface area contributed by atoms with Crippen LogP contribution in [0.5, 0.6) is 0 Å². The summed E-state index contributed by atoms with van der Waals surface area (Å²) >= 11 is 1.33. The number of hydrogen-bond acceptors (Lipinski definition) is 5. The molecule has 2 aromatic carbocycles. The third kappa shape index (κ3) is 5.76. The molecule has 0 spiro atoms. The molecule has 7 heteroatoms. The van der Waals surface area contributed by atoms with Gasteiger partial charge in [-0.15, -0.1) is 11.3 Å². The Morgan fingerprint density at radius 1 is 0.931 bits per heavy atom. The Labute approximate surface area is 172 Å². The van der Waals surface area contributed by atoms with Crippen molar-refractivity contribution in [3.63, 3.8) is 0 Å². The molecular weight excluding hydrogens is 388 g/mol. The number of anilines is 2. The van der Waals surface area contributed by atoms with Gasteiger partial charge in [0, 0.05) is 11.4 Å². The second-order valence-corrected chi connectivity index (χ2v) is 7.13. The number of aryl methyl sites for hydroxylation is 1. The number of nitrogens with one attached hydrogen (secondary N) is 2. The van der Waals surface area contributed by atoms with Crippen molar-refractivity contribution < 1.29 is 19.1 Å². The molecule has 0 bridgehead atoms. The lowest BCUT2D eigenvalue weighted by Crippen LogP contribution is -2.21. The minimum atomic E-state index is -0.645. The summed E-state index contributed by atoms with van der Waals surface area (Å²) in [7, 11) is 0. The normalized spacial score (nSPS) is 10.2. The van der Waals surface area contributed by atoms with Gasteiger partial charge in [-0.05, 0) is 53.8 Å². The first-order valence-corrected chi connectivity index (χ1v) is 9.94. The Bertz CT molecular complexity index is 998. The highest BCUT2D eigenvalue weighted by molar-refractivity contribution is 7.12. The van der Waals surface area contributed by atoms with Crippen LogP contribution in [0.1, 0.15) is 32.5 Å². The first-order valence-electron chi connectivity index (χ1n) is 9.06. The Balaban J connectivity index is 1.53. The molecule has 148 valence electrons. The Kier molecular flexibility index (Phi) is 6.76. The molecule has 0 aliphatic rings. The van der Waals surface area contributed by atoms with Crippen LogP contribution < -0.4 is 10.6 Å². The number of carbonyl (C=O) groups excluding carboxylic acids is 3. The monoisotopic (exact) mass is 408 g/mol. The zero-order valence-electron chi connectivity index (χ0n) is 15.8. The molecule has 3 aromatic rings. The van der Waals surface area contributed by atoms with Gasteiger partial charge in [-0.2, -0.15) is 0 Å². The number of benzene rings is 2. The van der Waals surface area contributed by atoms with Crippen LogP contribution >= 0.6 is 11.3 Å². The molecule has 0 saturated carbocycles. The van der Waals surface area contributed by atoms with Gasteiger partial charge in [0.05, 0.1) is 10.4 Å². The average molecular weight is 408 g/mol. The second kappa shape index (κ2) is 9.66. The van der Waals surface area contributed by atoms with Crippen LogP contribution in [-0.4, -0.2) is 24.4 Å². The summed E-state index contributed by atoms with van der Waals surface area (Å²) in [6, 6.07) is 17.3. The molecule has 2 N–H and O–H groups in total. The van der Waals surface area contributed by atoms with E-state index in [1.165, 1.54) is 23.0 Å². The van der Waals surface area contributed by atoms with Gasteiger partial charge in [-0.3, -0.25) is 9.59 Å². The number of rotatable bonds is 7. The third-order valence-electron chi connectivity index (χ3n) is 4.08. The quantitative estimate of drug-likeness (QED) is 0.569. The second-order valence-electron chi connectivity index (χ2n) is 6.19. The molecule has 2 amide bonds. The third-order valence-corrected chi connectivity index (χ3v) is 4.95. The lowest BCUT2D eigenvalue weighted by Gasteiger charge is -2.08. The molecular formula is C22H20N2O4S. The van der Waals surface area contributed by atoms with E-state index in [-0.39, 0.29) is 11.5 Å². The molecule has 0 aliphatic carbocycles. The van der Waals surface area contributed by atoms with E-state index in [4.69, 9.17) is 4.74 Å². The fourth-order valence-corrected chi connectivity index (χ4v) is 3.18. The molecule has 0 saturated heterocycles. The zero-order valence-corrected chi connectivity index (χ0v) is 16.6. The number of carbonyl (C=O) groups is 3. The Hall–Kier alpha value is -3.45. The molecule has 6 nitrogen and oxygen atoms in total. The first kappa shape index (κ1) is 20.3. The molecule has 0 atom stereocenters. The number of hydrogen-bond donors (Lipinski definition) is 2. The lowest BCUT2D eigenvalue weighted by atomic mass is 10.1. The van der Waals surface area contributed by atoms with Crippen LogP contribution in [-0.2, 0) is 16.0 Å². The van der Waals surface area contributed by atoms with E-state index >= 15 is 0 Å². The standard InChI is InChI=1S/C22H20N2O4S/c1-2-15-8-10-17(11-9-15)23-20(25)14-28-22(27)16-5-3-6-18(13-16)24-21(26)19-7-4-12-29-19/h3-13H,2,14H2,1H3,(H,23,25)(H,24,26). The van der Waals surface area contributed by atoms with Gasteiger partial charge in [0.2, 0.25) is 0 Å². The first-order chi connectivity index (χ1) is 14.0. The summed E-state index contributed by atoms with van der Waals surface area (Å²) in [6.07, 6.45) is 0.915. The van der Waals surface area contributed by atoms with Crippen LogP contribution in [0.3, 0.4) is 0 Å². The maximum atomic E-state index is 12.2. The SMILES string of the molecule is CCc1ccc(NC(=O)COC(=O)c2cccc(NC(=O)c3cccs3)c2)cc1. The van der Waals surface area contributed by atoms with Gasteiger partial charge >= 0.3 is 5.97 Å². The highest BCUT2D eigenvalue weighted by atomic mass is 32.1. The molecule has 0 radical (unpaired) electrons. The van der Waals surface area contributed by atoms with Crippen LogP contribution in [0.15, 0.2) is 66.0 Å². The predicted octanol–water partition coefficient (Wildman–Crippen LogP) is 4.36. The van der Waals surface area contributed by atoms with Crippen LogP contribution in [0.4, 0.5) is 11.4 Å². The summed E-state index contributed by atoms with van der Waals surface area (Å²) in [5, 5.41) is 7.22. The van der Waals surface area contributed by atoms with Crippen LogP contribution in [0, 0.1) is 0 Å². The minimum absolute atomic E-state index is 0.245. The minimum Gasteiger partial charge on any atom is -0.452 e. The maximum Gasteiger partial charge on any atom is 0.338 e. The Morgan fingerprint density at radius 2 is 1.72 bits per heavy atom. The van der Waals surface area contributed by atoms with Gasteiger partial charge in [-0.25, -0.2) is 4.79 Å². The summed E-state index contributed by atoms with van der Waals surface area (Å²) in [4.78, 5) is 36.9. The fourth-order valence-electron chi connectivity index (χ4n) is 2.56. The molecule has 29 heavy (non-hydrogen) atoms. The Morgan fingerprint density at radius 3 is 2.41 bits per heavy atom. The van der Waals surface area contributed by atoms with Crippen molar-refractivity contribution in [1.29, 1.82) is 0 Å². The predicted molar refractivity (Wildman–Crippen MR) is 113 cm³/mol. The van der Waals surface area contributed by atoms with Crippen molar-refractivity contribution in [2.75, 3.05) is 17.2 Å². The smallest absolute Gasteiger partial charge is 0.338 e. The summed E-state index contributed by atoms with van der Waals surface area (Å²) in [5.74, 6) is -1.32. The van der Waals surface area contributed by atoms with Gasteiger partial charge in [-0.1, -0.05) is 31.2 Å². The fraction of sp³-hybridized carbons (Fsp3) is 0.136. The van der Waals surface area contributed by atoms with Gasteiger partial charge < -0.3 is 15.4 Å². The van der Waals surface area contributed by atoms with Gasteiger partial charge in [0.25, 0.3) is 11.8 Å². The highest BCUT2D eigenvalue weighted by Crippen LogP contribution is 2.16. The molecule has 0 unspecified atom stereocenters. The lowest BCUT2D eigenvalue weighted by molar-refractivity contribution is -0.119. The number of esters is 1. The molecule has 3 rings (SSSR count). The number of amides is 2. The van der Waals surface area contributed by atoms with E-state index in [9.17, 15) is 14.4 Å². The molecule has 0 fully saturated rings. The highest BCUT2D eigenvalue weighted by Gasteiger charge is 2.13. The van der Waals surface area contributed by atoms with E-state index in [0.717, 1.165) is 6.42 Å². The van der Waals surface area contributed by atoms with E-state index in [1.807, 2.05) is 17.5 Å². The average Bonchev–Trinajstić information content (AvgIpc) is 3.28. The summed E-state index contributed by atoms with van der Waals surface area (Å²) in [6.45, 7) is 1.65.